The van der Waals surface area contributed by atoms with E-state index < -0.39 is 23.5 Å². The number of benzene rings is 1. The number of amides is 3. The van der Waals surface area contributed by atoms with Crippen LogP contribution in [-0.4, -0.2) is 63.5 Å². The molecule has 9 nitrogen and oxygen atoms in total. The maximum atomic E-state index is 12.8. The fraction of sp³-hybridized carbons (Fsp3) is 0.500. The first-order chi connectivity index (χ1) is 13.8. The van der Waals surface area contributed by atoms with Gasteiger partial charge in [-0.05, 0) is 43.0 Å². The Labute approximate surface area is 179 Å². The van der Waals surface area contributed by atoms with Crippen molar-refractivity contribution in [2.45, 2.75) is 50.3 Å². The Morgan fingerprint density at radius 1 is 1.20 bits per heavy atom. The average molecular weight is 438 g/mol. The molecule has 3 amide bonds. The smallest absolute Gasteiger partial charge is 0.306 e. The van der Waals surface area contributed by atoms with Crippen LogP contribution in [0.2, 0.25) is 0 Å². The maximum absolute atomic E-state index is 12.8. The van der Waals surface area contributed by atoms with E-state index in [-0.39, 0.29) is 37.1 Å². The summed E-state index contributed by atoms with van der Waals surface area (Å²) in [6.07, 6.45) is 0.996. The van der Waals surface area contributed by atoms with E-state index in [4.69, 9.17) is 5.11 Å². The van der Waals surface area contributed by atoms with Crippen LogP contribution in [0.15, 0.2) is 18.2 Å². The van der Waals surface area contributed by atoms with Gasteiger partial charge in [-0.2, -0.15) is 0 Å². The molecule has 1 aromatic carbocycles. The summed E-state index contributed by atoms with van der Waals surface area (Å²) in [5.74, 6) is -1.97. The summed E-state index contributed by atoms with van der Waals surface area (Å²) >= 11 is 0. The van der Waals surface area contributed by atoms with Crippen LogP contribution in [-0.2, 0) is 20.9 Å². The first-order valence-corrected chi connectivity index (χ1v) is 9.72. The molecule has 3 aliphatic heterocycles. The number of imide groups is 1. The second-order valence-corrected chi connectivity index (χ2v) is 8.02. The summed E-state index contributed by atoms with van der Waals surface area (Å²) in [7, 11) is 0. The lowest BCUT2D eigenvalue weighted by Crippen LogP contribution is -2.52. The standard InChI is InChI=1S/C20H23N3O6.ClH/c24-16-4-3-15(18(27)21-16)23-11-12-9-13(1-2-14(12)19(23)28)22-7-5-20(29,6-8-22)10-17(25)26;/h1-2,9,15,29H,3-8,10-11H2,(H,25,26)(H,21,24,27);1H/t15-;/m0./s1. The number of nitrogens with one attached hydrogen (secondary N) is 1. The van der Waals surface area contributed by atoms with Crippen LogP contribution in [0.5, 0.6) is 0 Å². The van der Waals surface area contributed by atoms with Crippen LogP contribution in [0, 0.1) is 0 Å². The van der Waals surface area contributed by atoms with E-state index in [1.807, 2.05) is 12.1 Å². The molecule has 3 N–H and O–H groups in total. The minimum atomic E-state index is -1.18. The quantitative estimate of drug-likeness (QED) is 0.591. The van der Waals surface area contributed by atoms with Gasteiger partial charge in [0.1, 0.15) is 6.04 Å². The van der Waals surface area contributed by atoms with Gasteiger partial charge < -0.3 is 20.0 Å². The Kier molecular flexibility index (Phi) is 6.05. The van der Waals surface area contributed by atoms with E-state index in [1.165, 1.54) is 4.90 Å². The SMILES string of the molecule is Cl.O=C(O)CC1(O)CCN(c2ccc3c(c2)CN([C@H]2CCC(=O)NC2=O)C3=O)CC1. The number of nitrogens with zero attached hydrogens (tertiary/aromatic N) is 2. The molecule has 3 aliphatic rings. The number of anilines is 1. The van der Waals surface area contributed by atoms with Crippen LogP contribution < -0.4 is 10.2 Å². The first-order valence-electron chi connectivity index (χ1n) is 9.72. The third-order valence-corrected chi connectivity index (χ3v) is 6.05. The van der Waals surface area contributed by atoms with Crippen molar-refractivity contribution in [1.82, 2.24) is 10.2 Å². The van der Waals surface area contributed by atoms with Crippen molar-refractivity contribution < 1.29 is 29.4 Å². The number of piperidine rings is 2. The molecule has 30 heavy (non-hydrogen) atoms. The van der Waals surface area contributed by atoms with Crippen LogP contribution in [0.4, 0.5) is 5.69 Å². The molecule has 0 spiro atoms. The predicted octanol–water partition coefficient (Wildman–Crippen LogP) is 0.675. The molecule has 2 fully saturated rings. The number of rotatable bonds is 4. The Bertz CT molecular complexity index is 897. The summed E-state index contributed by atoms with van der Waals surface area (Å²) in [6, 6.07) is 4.86. The van der Waals surface area contributed by atoms with Crippen LogP contribution in [0.25, 0.3) is 0 Å². The van der Waals surface area contributed by atoms with E-state index in [1.54, 1.807) is 6.07 Å². The molecule has 1 atom stereocenters. The highest BCUT2D eigenvalue weighted by atomic mass is 35.5. The highest BCUT2D eigenvalue weighted by molar-refractivity contribution is 6.05. The molecular formula is C20H24ClN3O6. The fourth-order valence-electron chi connectivity index (χ4n) is 4.40. The number of fused-ring (bicyclic) bond motifs is 1. The molecule has 0 bridgehead atoms. The Morgan fingerprint density at radius 3 is 2.53 bits per heavy atom. The molecule has 2 saturated heterocycles. The number of carboxylic acids is 1. The van der Waals surface area contributed by atoms with Crippen molar-refractivity contribution in [2.75, 3.05) is 18.0 Å². The molecule has 0 aromatic heterocycles. The summed E-state index contributed by atoms with van der Waals surface area (Å²) in [6.45, 7) is 1.35. The molecule has 1 aromatic rings. The normalized spacial score (nSPS) is 23.0. The largest absolute Gasteiger partial charge is 0.481 e. The van der Waals surface area contributed by atoms with Gasteiger partial charge in [0.25, 0.3) is 5.91 Å². The summed E-state index contributed by atoms with van der Waals surface area (Å²) in [4.78, 5) is 50.8. The number of carbonyl (C=O) groups is 4. The Balaban J connectivity index is 0.00000256. The van der Waals surface area contributed by atoms with Gasteiger partial charge in [0, 0.05) is 37.3 Å². The second kappa shape index (κ2) is 8.23. The lowest BCUT2D eigenvalue weighted by atomic mass is 9.88. The maximum Gasteiger partial charge on any atom is 0.306 e. The lowest BCUT2D eigenvalue weighted by molar-refractivity contribution is -0.143. The lowest BCUT2D eigenvalue weighted by Gasteiger charge is -2.38. The molecule has 162 valence electrons. The molecular weight excluding hydrogens is 414 g/mol. The van der Waals surface area contributed by atoms with Crippen molar-refractivity contribution >= 4 is 41.8 Å². The number of aliphatic carboxylic acids is 1. The monoisotopic (exact) mass is 437 g/mol. The number of carboxylic acid groups (broad SMARTS) is 1. The Morgan fingerprint density at radius 2 is 1.90 bits per heavy atom. The van der Waals surface area contributed by atoms with Crippen LogP contribution in [0.3, 0.4) is 0 Å². The Hall–Kier alpha value is -2.65. The molecule has 4 rings (SSSR count). The van der Waals surface area contributed by atoms with Gasteiger partial charge in [-0.15, -0.1) is 12.4 Å². The van der Waals surface area contributed by atoms with E-state index in [9.17, 15) is 24.3 Å². The van der Waals surface area contributed by atoms with Crippen molar-refractivity contribution in [2.24, 2.45) is 0 Å². The van der Waals surface area contributed by atoms with E-state index >= 15 is 0 Å². The van der Waals surface area contributed by atoms with Gasteiger partial charge in [0.15, 0.2) is 0 Å². The predicted molar refractivity (Wildman–Crippen MR) is 108 cm³/mol. The fourth-order valence-corrected chi connectivity index (χ4v) is 4.40. The summed E-state index contributed by atoms with van der Waals surface area (Å²) in [5.41, 5.74) is 1.10. The second-order valence-electron chi connectivity index (χ2n) is 8.02. The van der Waals surface area contributed by atoms with Crippen molar-refractivity contribution in [3.8, 4) is 0 Å². The zero-order valence-corrected chi connectivity index (χ0v) is 17.1. The van der Waals surface area contributed by atoms with Gasteiger partial charge in [-0.3, -0.25) is 24.5 Å². The minimum absolute atomic E-state index is 0. The molecule has 0 saturated carbocycles. The third-order valence-electron chi connectivity index (χ3n) is 6.05. The van der Waals surface area contributed by atoms with E-state index in [0.717, 1.165) is 11.3 Å². The highest BCUT2D eigenvalue weighted by Gasteiger charge is 2.40. The van der Waals surface area contributed by atoms with E-state index in [0.29, 0.717) is 44.5 Å². The number of aliphatic hydroxyl groups is 1. The van der Waals surface area contributed by atoms with Gasteiger partial charge >= 0.3 is 5.97 Å². The molecule has 3 heterocycles. The van der Waals surface area contributed by atoms with E-state index in [2.05, 4.69) is 10.2 Å². The molecule has 0 aliphatic carbocycles. The number of carbonyl (C=O) groups excluding carboxylic acids is 3. The number of hydrogen-bond donors (Lipinski definition) is 3. The van der Waals surface area contributed by atoms with Crippen molar-refractivity contribution in [3.05, 3.63) is 29.3 Å². The van der Waals surface area contributed by atoms with Crippen molar-refractivity contribution in [1.29, 1.82) is 0 Å². The summed E-state index contributed by atoms with van der Waals surface area (Å²) < 4.78 is 0. The zero-order chi connectivity index (χ0) is 20.8. The van der Waals surface area contributed by atoms with Gasteiger partial charge in [-0.25, -0.2) is 0 Å². The molecule has 0 radical (unpaired) electrons. The van der Waals surface area contributed by atoms with Gasteiger partial charge in [0.05, 0.1) is 12.0 Å². The summed E-state index contributed by atoms with van der Waals surface area (Å²) in [5, 5.41) is 21.6. The number of hydrogen-bond acceptors (Lipinski definition) is 6. The first kappa shape index (κ1) is 22.0. The number of halogens is 1. The van der Waals surface area contributed by atoms with Gasteiger partial charge in [-0.1, -0.05) is 0 Å². The topological polar surface area (TPSA) is 127 Å². The molecule has 0 unspecified atom stereocenters. The minimum Gasteiger partial charge on any atom is -0.481 e. The van der Waals surface area contributed by atoms with Crippen molar-refractivity contribution in [3.63, 3.8) is 0 Å². The average Bonchev–Trinajstić information content (AvgIpc) is 2.97. The van der Waals surface area contributed by atoms with Crippen LogP contribution in [0.1, 0.15) is 48.0 Å². The zero-order valence-electron chi connectivity index (χ0n) is 16.3. The highest BCUT2D eigenvalue weighted by Crippen LogP contribution is 2.33. The van der Waals surface area contributed by atoms with Crippen LogP contribution >= 0.6 is 12.4 Å². The molecule has 10 heteroatoms. The van der Waals surface area contributed by atoms with Gasteiger partial charge in [0.2, 0.25) is 11.8 Å². The third kappa shape index (κ3) is 4.13.